The second-order valence-electron chi connectivity index (χ2n) is 7.70. The smallest absolute Gasteiger partial charge is 0.283 e. The van der Waals surface area contributed by atoms with Crippen molar-refractivity contribution in [2.45, 2.75) is 0 Å². The highest BCUT2D eigenvalue weighted by Gasteiger charge is 2.17. The van der Waals surface area contributed by atoms with Crippen LogP contribution < -0.4 is 0 Å². The van der Waals surface area contributed by atoms with Crippen LogP contribution in [0.15, 0.2) is 103 Å². The molecule has 0 atom stereocenters. The van der Waals surface area contributed by atoms with Gasteiger partial charge >= 0.3 is 0 Å². The standard InChI is InChI=1S/C26H14N4O4/c1-3-7-19-17(5-1)13-21(31-19)25-29-27-23(33-25)15-9-11-16(12-10-15)24-28-30-26(34-24)22-14-18-6-2-4-8-20(18)32-22/h1-14H. The number of benzene rings is 3. The zero-order valence-corrected chi connectivity index (χ0v) is 17.5. The molecule has 0 aliphatic carbocycles. The van der Waals surface area contributed by atoms with Gasteiger partial charge in [-0.25, -0.2) is 0 Å². The fourth-order valence-corrected chi connectivity index (χ4v) is 3.81. The van der Waals surface area contributed by atoms with Gasteiger partial charge in [0.15, 0.2) is 11.5 Å². The second kappa shape index (κ2) is 7.28. The van der Waals surface area contributed by atoms with E-state index in [0.29, 0.717) is 35.1 Å². The molecular weight excluding hydrogens is 432 g/mol. The van der Waals surface area contributed by atoms with Gasteiger partial charge in [0.2, 0.25) is 11.8 Å². The average molecular weight is 446 g/mol. The van der Waals surface area contributed by atoms with Gasteiger partial charge in [-0.3, -0.25) is 0 Å². The molecule has 0 N–H and O–H groups in total. The Morgan fingerprint density at radius 1 is 0.412 bits per heavy atom. The summed E-state index contributed by atoms with van der Waals surface area (Å²) in [4.78, 5) is 0. The van der Waals surface area contributed by atoms with Crippen LogP contribution in [0.4, 0.5) is 0 Å². The van der Waals surface area contributed by atoms with Crippen LogP contribution in [-0.4, -0.2) is 20.4 Å². The fourth-order valence-electron chi connectivity index (χ4n) is 3.81. The summed E-state index contributed by atoms with van der Waals surface area (Å²) in [6.07, 6.45) is 0. The van der Waals surface area contributed by atoms with Gasteiger partial charge in [0.1, 0.15) is 11.2 Å². The van der Waals surface area contributed by atoms with Gasteiger partial charge in [-0.15, -0.1) is 20.4 Å². The zero-order valence-electron chi connectivity index (χ0n) is 17.5. The third-order valence-electron chi connectivity index (χ3n) is 5.50. The van der Waals surface area contributed by atoms with Crippen LogP contribution in [0.1, 0.15) is 0 Å². The van der Waals surface area contributed by atoms with E-state index >= 15 is 0 Å². The Kier molecular flexibility index (Phi) is 3.98. The number of nitrogens with zero attached hydrogens (tertiary/aromatic N) is 4. The summed E-state index contributed by atoms with van der Waals surface area (Å²) in [5.74, 6) is 2.47. The minimum absolute atomic E-state index is 0.322. The number of rotatable bonds is 4. The Balaban J connectivity index is 1.15. The Labute approximate surface area is 191 Å². The average Bonchev–Trinajstić information content (AvgIpc) is 3.67. The van der Waals surface area contributed by atoms with Crippen molar-refractivity contribution < 1.29 is 17.7 Å². The quantitative estimate of drug-likeness (QED) is 0.297. The minimum atomic E-state index is 0.322. The maximum absolute atomic E-state index is 5.84. The second-order valence-corrected chi connectivity index (χ2v) is 7.70. The van der Waals surface area contributed by atoms with E-state index in [-0.39, 0.29) is 0 Å². The maximum Gasteiger partial charge on any atom is 0.283 e. The molecule has 0 saturated carbocycles. The Morgan fingerprint density at radius 3 is 1.26 bits per heavy atom. The summed E-state index contributed by atoms with van der Waals surface area (Å²) in [7, 11) is 0. The first kappa shape index (κ1) is 18.6. The number of hydrogen-bond acceptors (Lipinski definition) is 8. The van der Waals surface area contributed by atoms with Gasteiger partial charge in [0.05, 0.1) is 0 Å². The molecule has 7 aromatic rings. The molecule has 0 fully saturated rings. The number of hydrogen-bond donors (Lipinski definition) is 0. The molecule has 4 aromatic heterocycles. The van der Waals surface area contributed by atoms with Crippen LogP contribution in [0.5, 0.6) is 0 Å². The highest BCUT2D eigenvalue weighted by molar-refractivity contribution is 5.82. The lowest BCUT2D eigenvalue weighted by atomic mass is 10.1. The summed E-state index contributed by atoms with van der Waals surface area (Å²) in [6, 6.07) is 26.6. The van der Waals surface area contributed by atoms with Crippen molar-refractivity contribution in [3.63, 3.8) is 0 Å². The number of fused-ring (bicyclic) bond motifs is 2. The monoisotopic (exact) mass is 446 g/mol. The molecule has 8 nitrogen and oxygen atoms in total. The predicted molar refractivity (Wildman–Crippen MR) is 123 cm³/mol. The van der Waals surface area contributed by atoms with E-state index in [0.717, 1.165) is 33.1 Å². The van der Waals surface area contributed by atoms with E-state index in [1.54, 1.807) is 0 Å². The van der Waals surface area contributed by atoms with Crippen LogP contribution >= 0.6 is 0 Å². The van der Waals surface area contributed by atoms with Gasteiger partial charge in [0.25, 0.3) is 11.8 Å². The van der Waals surface area contributed by atoms with E-state index < -0.39 is 0 Å². The normalized spacial score (nSPS) is 11.5. The molecular formula is C26H14N4O4. The minimum Gasteiger partial charge on any atom is -0.451 e. The lowest BCUT2D eigenvalue weighted by molar-refractivity contribution is 0.541. The first-order valence-corrected chi connectivity index (χ1v) is 10.6. The molecule has 34 heavy (non-hydrogen) atoms. The molecule has 0 amide bonds. The molecule has 0 aliphatic heterocycles. The van der Waals surface area contributed by atoms with E-state index in [2.05, 4.69) is 20.4 Å². The predicted octanol–water partition coefficient (Wildman–Crippen LogP) is 6.61. The van der Waals surface area contributed by atoms with Crippen LogP contribution in [0.3, 0.4) is 0 Å². The first-order chi connectivity index (χ1) is 16.8. The van der Waals surface area contributed by atoms with Crippen molar-refractivity contribution >= 4 is 21.9 Å². The Hall–Kier alpha value is -4.98. The number of aromatic nitrogens is 4. The molecule has 0 radical (unpaired) electrons. The molecule has 8 heteroatoms. The van der Waals surface area contributed by atoms with Gasteiger partial charge in [-0.05, 0) is 48.5 Å². The van der Waals surface area contributed by atoms with Crippen LogP contribution in [0, 0.1) is 0 Å². The summed E-state index contributed by atoms with van der Waals surface area (Å²) < 4.78 is 23.3. The van der Waals surface area contributed by atoms with Crippen molar-refractivity contribution in [2.24, 2.45) is 0 Å². The SMILES string of the molecule is c1ccc2oc(-c3nnc(-c4ccc(-c5nnc(-c6cc7ccccc7o6)o5)cc4)o3)cc2c1. The van der Waals surface area contributed by atoms with Gasteiger partial charge in [-0.1, -0.05) is 36.4 Å². The van der Waals surface area contributed by atoms with Crippen molar-refractivity contribution in [1.29, 1.82) is 0 Å². The third kappa shape index (κ3) is 3.08. The molecule has 0 aliphatic rings. The lowest BCUT2D eigenvalue weighted by Gasteiger charge is -1.97. The first-order valence-electron chi connectivity index (χ1n) is 10.6. The molecule has 7 rings (SSSR count). The van der Waals surface area contributed by atoms with Crippen molar-refractivity contribution in [2.75, 3.05) is 0 Å². The highest BCUT2D eigenvalue weighted by Crippen LogP contribution is 2.31. The Bertz CT molecular complexity index is 1570. The van der Waals surface area contributed by atoms with Gasteiger partial charge in [0, 0.05) is 21.9 Å². The number of para-hydroxylation sites is 2. The van der Waals surface area contributed by atoms with E-state index in [9.17, 15) is 0 Å². The van der Waals surface area contributed by atoms with E-state index in [1.165, 1.54) is 0 Å². The molecule has 0 unspecified atom stereocenters. The van der Waals surface area contributed by atoms with Crippen molar-refractivity contribution in [3.8, 4) is 46.2 Å². The summed E-state index contributed by atoms with van der Waals surface area (Å²) >= 11 is 0. The van der Waals surface area contributed by atoms with Gasteiger partial charge in [-0.2, -0.15) is 0 Å². The molecule has 0 bridgehead atoms. The largest absolute Gasteiger partial charge is 0.451 e. The lowest BCUT2D eigenvalue weighted by Crippen LogP contribution is -1.81. The van der Waals surface area contributed by atoms with Crippen LogP contribution in [0.25, 0.3) is 68.1 Å². The maximum atomic E-state index is 5.84. The highest BCUT2D eigenvalue weighted by atomic mass is 16.4. The summed E-state index contributed by atoms with van der Waals surface area (Å²) in [6.45, 7) is 0. The van der Waals surface area contributed by atoms with Crippen molar-refractivity contribution in [3.05, 3.63) is 84.9 Å². The third-order valence-corrected chi connectivity index (χ3v) is 5.50. The summed E-state index contributed by atoms with van der Waals surface area (Å²) in [5, 5.41) is 18.5. The summed E-state index contributed by atoms with van der Waals surface area (Å²) in [5.41, 5.74) is 3.05. The van der Waals surface area contributed by atoms with E-state index in [1.807, 2.05) is 84.9 Å². The topological polar surface area (TPSA) is 104 Å². The molecule has 3 aromatic carbocycles. The molecule has 162 valence electrons. The van der Waals surface area contributed by atoms with Crippen LogP contribution in [-0.2, 0) is 0 Å². The molecule has 4 heterocycles. The van der Waals surface area contributed by atoms with Crippen LogP contribution in [0.2, 0.25) is 0 Å². The number of furan rings is 2. The van der Waals surface area contributed by atoms with Crippen molar-refractivity contribution in [1.82, 2.24) is 20.4 Å². The molecule has 0 saturated heterocycles. The Morgan fingerprint density at radius 2 is 0.824 bits per heavy atom. The molecule has 0 spiro atoms. The zero-order chi connectivity index (χ0) is 22.5. The fraction of sp³-hybridized carbons (Fsp3) is 0. The van der Waals surface area contributed by atoms with Gasteiger partial charge < -0.3 is 17.7 Å². The van der Waals surface area contributed by atoms with E-state index in [4.69, 9.17) is 17.7 Å².